The van der Waals surface area contributed by atoms with Crippen molar-refractivity contribution in [1.29, 1.82) is 0 Å². The number of fused-ring (bicyclic) bond motifs is 1. The molecule has 49 valence electrons. The summed E-state index contributed by atoms with van der Waals surface area (Å²) in [4.78, 5) is 11.2. The van der Waals surface area contributed by atoms with Crippen molar-refractivity contribution >= 4 is 11.2 Å². The van der Waals surface area contributed by atoms with Gasteiger partial charge in [0.2, 0.25) is 0 Å². The maximum atomic E-state index is 10.8. The van der Waals surface area contributed by atoms with Gasteiger partial charge in [-0.15, -0.1) is 4.73 Å². The van der Waals surface area contributed by atoms with Gasteiger partial charge in [0, 0.05) is 0 Å². The van der Waals surface area contributed by atoms with E-state index in [1.165, 1.54) is 18.9 Å². The molecule has 0 aliphatic heterocycles. The number of imidazole rings is 1. The Kier molecular flexibility index (Phi) is 0.858. The highest BCUT2D eigenvalue weighted by Gasteiger charge is 2.00. The molecular weight excluding hydrogens is 132 g/mol. The molecule has 1 radical (unpaired) electrons. The fourth-order valence-corrected chi connectivity index (χ4v) is 0.740. The highest BCUT2D eigenvalue weighted by molar-refractivity contribution is 5.68. The SMILES string of the molecule is [O]n1cnc2ncncc21. The Balaban J connectivity index is 2.93. The van der Waals surface area contributed by atoms with Gasteiger partial charge in [-0.3, -0.25) is 0 Å². The first-order valence-corrected chi connectivity index (χ1v) is 2.68. The van der Waals surface area contributed by atoms with Crippen molar-refractivity contribution in [2.24, 2.45) is 0 Å². The molecule has 2 heterocycles. The Morgan fingerprint density at radius 2 is 2.30 bits per heavy atom. The lowest BCUT2D eigenvalue weighted by atomic mass is 10.6. The van der Waals surface area contributed by atoms with Crippen molar-refractivity contribution in [2.75, 3.05) is 0 Å². The molecule has 0 bridgehead atoms. The molecule has 0 saturated carbocycles. The van der Waals surface area contributed by atoms with E-state index in [-0.39, 0.29) is 0 Å². The predicted molar refractivity (Wildman–Crippen MR) is 31.4 cm³/mol. The third-order valence-electron chi connectivity index (χ3n) is 1.19. The van der Waals surface area contributed by atoms with Crippen molar-refractivity contribution in [3.63, 3.8) is 0 Å². The van der Waals surface area contributed by atoms with E-state index in [1.54, 1.807) is 0 Å². The zero-order valence-corrected chi connectivity index (χ0v) is 4.93. The molecule has 0 N–H and O–H groups in total. The van der Waals surface area contributed by atoms with Crippen LogP contribution < -0.4 is 0 Å². The Morgan fingerprint density at radius 3 is 3.10 bits per heavy atom. The average Bonchev–Trinajstić information content (AvgIpc) is 2.34. The lowest BCUT2D eigenvalue weighted by Gasteiger charge is -1.83. The number of hydrogen-bond donors (Lipinski definition) is 0. The predicted octanol–water partition coefficient (Wildman–Crippen LogP) is 0.0199. The first kappa shape index (κ1) is 5.16. The highest BCUT2D eigenvalue weighted by atomic mass is 16.5. The van der Waals surface area contributed by atoms with Gasteiger partial charge >= 0.3 is 0 Å². The van der Waals surface area contributed by atoms with E-state index in [2.05, 4.69) is 15.0 Å². The summed E-state index contributed by atoms with van der Waals surface area (Å²) in [5, 5.41) is 10.8. The molecule has 5 nitrogen and oxygen atoms in total. The van der Waals surface area contributed by atoms with Crippen molar-refractivity contribution in [3.05, 3.63) is 18.9 Å². The van der Waals surface area contributed by atoms with Gasteiger partial charge in [0.15, 0.2) is 5.65 Å². The van der Waals surface area contributed by atoms with E-state index in [9.17, 15) is 5.21 Å². The van der Waals surface area contributed by atoms with Crippen LogP contribution in [0.3, 0.4) is 0 Å². The summed E-state index contributed by atoms with van der Waals surface area (Å²) < 4.78 is 0.634. The first-order valence-electron chi connectivity index (χ1n) is 2.68. The van der Waals surface area contributed by atoms with Crippen molar-refractivity contribution in [1.82, 2.24) is 19.7 Å². The summed E-state index contributed by atoms with van der Waals surface area (Å²) in [5.41, 5.74) is 0.840. The lowest BCUT2D eigenvalue weighted by Crippen LogP contribution is -1.84. The maximum Gasteiger partial charge on any atom is 0.184 e. The lowest BCUT2D eigenvalue weighted by molar-refractivity contribution is 0.101. The summed E-state index contributed by atoms with van der Waals surface area (Å²) in [6, 6.07) is 0. The van der Waals surface area contributed by atoms with Crippen LogP contribution in [0, 0.1) is 0 Å². The monoisotopic (exact) mass is 135 g/mol. The van der Waals surface area contributed by atoms with Gasteiger partial charge in [0.25, 0.3) is 0 Å². The highest BCUT2D eigenvalue weighted by Crippen LogP contribution is 2.03. The van der Waals surface area contributed by atoms with Gasteiger partial charge in [-0.05, 0) is 0 Å². The van der Waals surface area contributed by atoms with Crippen LogP contribution in [0.4, 0.5) is 0 Å². The number of aromatic nitrogens is 4. The van der Waals surface area contributed by atoms with Crippen molar-refractivity contribution < 1.29 is 5.21 Å². The van der Waals surface area contributed by atoms with Crippen LogP contribution in [0.1, 0.15) is 0 Å². The molecule has 0 saturated heterocycles. The largest absolute Gasteiger partial charge is 0.242 e. The molecule has 0 aromatic carbocycles. The number of nitrogens with zero attached hydrogens (tertiary/aromatic N) is 4. The summed E-state index contributed by atoms with van der Waals surface area (Å²) in [6.45, 7) is 0. The standard InChI is InChI=1S/C5H3N4O/c10-9-3-8-5-4(9)1-6-2-7-5/h1-3H. The van der Waals surface area contributed by atoms with Crippen LogP contribution in [0.2, 0.25) is 0 Å². The van der Waals surface area contributed by atoms with E-state index in [4.69, 9.17) is 0 Å². The van der Waals surface area contributed by atoms with Crippen LogP contribution in [0.5, 0.6) is 0 Å². The smallest absolute Gasteiger partial charge is 0.184 e. The molecule has 0 atom stereocenters. The molecule has 0 aliphatic rings. The van der Waals surface area contributed by atoms with Gasteiger partial charge < -0.3 is 0 Å². The summed E-state index contributed by atoms with van der Waals surface area (Å²) in [7, 11) is 0. The molecule has 0 unspecified atom stereocenters. The fraction of sp³-hybridized carbons (Fsp3) is 0. The molecule has 5 heteroatoms. The maximum absolute atomic E-state index is 10.8. The molecular formula is C5H3N4O. The molecule has 10 heavy (non-hydrogen) atoms. The summed E-state index contributed by atoms with van der Waals surface area (Å²) in [5.74, 6) is 0. The fourth-order valence-electron chi connectivity index (χ4n) is 0.740. The minimum absolute atomic E-state index is 0.405. The van der Waals surface area contributed by atoms with Crippen LogP contribution in [-0.2, 0) is 5.21 Å². The third-order valence-corrected chi connectivity index (χ3v) is 1.19. The van der Waals surface area contributed by atoms with E-state index in [0.717, 1.165) is 0 Å². The molecule has 0 aliphatic carbocycles. The van der Waals surface area contributed by atoms with Gasteiger partial charge in [0.1, 0.15) is 18.2 Å². The van der Waals surface area contributed by atoms with Gasteiger partial charge in [-0.2, -0.15) is 5.21 Å². The van der Waals surface area contributed by atoms with Gasteiger partial charge in [-0.25, -0.2) is 15.0 Å². The average molecular weight is 135 g/mol. The van der Waals surface area contributed by atoms with E-state index in [1.807, 2.05) is 0 Å². The van der Waals surface area contributed by atoms with E-state index < -0.39 is 0 Å². The summed E-state index contributed by atoms with van der Waals surface area (Å²) in [6.07, 6.45) is 3.96. The topological polar surface area (TPSA) is 63.5 Å². The molecule has 2 aromatic heterocycles. The quantitative estimate of drug-likeness (QED) is 0.511. The van der Waals surface area contributed by atoms with E-state index >= 15 is 0 Å². The van der Waals surface area contributed by atoms with Crippen LogP contribution in [0.25, 0.3) is 11.2 Å². The minimum Gasteiger partial charge on any atom is -0.242 e. The third kappa shape index (κ3) is 0.540. The Bertz CT molecular complexity index is 355. The minimum atomic E-state index is 0.405. The van der Waals surface area contributed by atoms with Crippen LogP contribution in [0.15, 0.2) is 18.9 Å². The summed E-state index contributed by atoms with van der Waals surface area (Å²) >= 11 is 0. The second-order valence-electron chi connectivity index (χ2n) is 1.80. The Morgan fingerprint density at radius 1 is 1.40 bits per heavy atom. The van der Waals surface area contributed by atoms with Crippen molar-refractivity contribution in [2.45, 2.75) is 0 Å². The Labute approximate surface area is 55.9 Å². The second kappa shape index (κ2) is 1.66. The molecule has 0 spiro atoms. The van der Waals surface area contributed by atoms with E-state index in [0.29, 0.717) is 15.9 Å². The van der Waals surface area contributed by atoms with Gasteiger partial charge in [0.05, 0.1) is 6.20 Å². The number of hydrogen-bond acceptors (Lipinski definition) is 3. The van der Waals surface area contributed by atoms with Crippen LogP contribution >= 0.6 is 0 Å². The van der Waals surface area contributed by atoms with Crippen LogP contribution in [-0.4, -0.2) is 19.7 Å². The number of rotatable bonds is 0. The molecule has 2 rings (SSSR count). The normalized spacial score (nSPS) is 10.4. The second-order valence-corrected chi connectivity index (χ2v) is 1.80. The molecule has 0 amide bonds. The molecule has 0 fully saturated rings. The molecule has 2 aromatic rings. The zero-order valence-electron chi connectivity index (χ0n) is 4.93. The zero-order chi connectivity index (χ0) is 6.97. The van der Waals surface area contributed by atoms with Crippen molar-refractivity contribution in [3.8, 4) is 0 Å². The van der Waals surface area contributed by atoms with Gasteiger partial charge in [-0.1, -0.05) is 0 Å². The Hall–Kier alpha value is -1.65. The first-order chi connectivity index (χ1) is 4.88.